The Bertz CT molecular complexity index is 1110. The van der Waals surface area contributed by atoms with E-state index in [1.807, 2.05) is 30.3 Å². The van der Waals surface area contributed by atoms with Crippen LogP contribution in [0, 0.1) is 0 Å². The molecule has 0 saturated carbocycles. The first-order chi connectivity index (χ1) is 11.6. The summed E-state index contributed by atoms with van der Waals surface area (Å²) in [4.78, 5) is 27.6. The van der Waals surface area contributed by atoms with E-state index in [-0.39, 0.29) is 11.8 Å². The highest BCUT2D eigenvalue weighted by Crippen LogP contribution is 2.30. The van der Waals surface area contributed by atoms with Gasteiger partial charge in [-0.2, -0.15) is 0 Å². The zero-order chi connectivity index (χ0) is 16.7. The number of carbonyl (C=O) groups is 1. The number of fused-ring (bicyclic) bond motifs is 4. The summed E-state index contributed by atoms with van der Waals surface area (Å²) in [7, 11) is 0. The lowest BCUT2D eigenvalue weighted by Crippen LogP contribution is -2.04. The quantitative estimate of drug-likeness (QED) is 0.462. The number of rotatable bonds is 3. The number of aryl methyl sites for hydroxylation is 1. The Morgan fingerprint density at radius 1 is 1.08 bits per heavy atom. The molecule has 0 aromatic heterocycles. The molecule has 0 unspecified atom stereocenters. The summed E-state index contributed by atoms with van der Waals surface area (Å²) < 4.78 is 5.87. The van der Waals surface area contributed by atoms with Crippen molar-refractivity contribution in [1.29, 1.82) is 0 Å². The van der Waals surface area contributed by atoms with Crippen LogP contribution in [-0.4, -0.2) is 16.1 Å². The molecular weight excluding hydrogens is 306 g/mol. The summed E-state index contributed by atoms with van der Waals surface area (Å²) in [6.07, 6.45) is 0.477. The molecule has 1 heterocycles. The van der Waals surface area contributed by atoms with Gasteiger partial charge in [-0.1, -0.05) is 30.3 Å². The van der Waals surface area contributed by atoms with Crippen molar-refractivity contribution in [2.45, 2.75) is 12.8 Å². The summed E-state index contributed by atoms with van der Waals surface area (Å²) >= 11 is 0. The molecular formula is C19H13NO4. The second kappa shape index (κ2) is 5.45. The van der Waals surface area contributed by atoms with Gasteiger partial charge in [0.1, 0.15) is 11.2 Å². The van der Waals surface area contributed by atoms with Crippen LogP contribution in [0.25, 0.3) is 33.3 Å². The smallest absolute Gasteiger partial charge is 0.303 e. The van der Waals surface area contributed by atoms with Crippen LogP contribution in [0.2, 0.25) is 0 Å². The van der Waals surface area contributed by atoms with Gasteiger partial charge in [0.05, 0.1) is 0 Å². The SMILES string of the molecule is O=C(O)CCc1ccc2nc3c4ccccc4c(=O)cc-3oc2c1. The molecule has 4 rings (SSSR count). The Morgan fingerprint density at radius 2 is 1.88 bits per heavy atom. The van der Waals surface area contributed by atoms with Crippen molar-refractivity contribution in [3.8, 4) is 11.5 Å². The van der Waals surface area contributed by atoms with Crippen molar-refractivity contribution in [2.24, 2.45) is 0 Å². The molecule has 2 aliphatic rings. The first-order valence-corrected chi connectivity index (χ1v) is 7.59. The van der Waals surface area contributed by atoms with E-state index in [0.717, 1.165) is 10.9 Å². The van der Waals surface area contributed by atoms with E-state index in [1.54, 1.807) is 12.1 Å². The number of hydrogen-bond donors (Lipinski definition) is 1. The normalized spacial score (nSPS) is 11.3. The highest BCUT2D eigenvalue weighted by Gasteiger charge is 2.15. The molecule has 0 bridgehead atoms. The largest absolute Gasteiger partial charge is 0.481 e. The van der Waals surface area contributed by atoms with Gasteiger partial charge in [-0.05, 0) is 24.1 Å². The van der Waals surface area contributed by atoms with Crippen molar-refractivity contribution < 1.29 is 14.3 Å². The van der Waals surface area contributed by atoms with Crippen LogP contribution < -0.4 is 5.43 Å². The average molecular weight is 319 g/mol. The van der Waals surface area contributed by atoms with Gasteiger partial charge in [0, 0.05) is 23.3 Å². The van der Waals surface area contributed by atoms with Gasteiger partial charge in [0.15, 0.2) is 16.8 Å². The topological polar surface area (TPSA) is 80.4 Å². The first-order valence-electron chi connectivity index (χ1n) is 7.59. The molecule has 5 nitrogen and oxygen atoms in total. The standard InChI is InChI=1S/C19H13NO4/c21-15-10-17-19(13-4-2-1-3-12(13)15)20-14-7-5-11(6-8-18(22)23)9-16(14)24-17/h1-5,7,9-10H,6,8H2,(H,22,23). The van der Waals surface area contributed by atoms with Crippen molar-refractivity contribution >= 4 is 27.8 Å². The molecule has 0 radical (unpaired) electrons. The Hall–Kier alpha value is -3.21. The van der Waals surface area contributed by atoms with Gasteiger partial charge >= 0.3 is 5.97 Å². The van der Waals surface area contributed by atoms with Crippen molar-refractivity contribution in [1.82, 2.24) is 4.98 Å². The maximum Gasteiger partial charge on any atom is 0.303 e. The highest BCUT2D eigenvalue weighted by atomic mass is 16.4. The second-order valence-corrected chi connectivity index (χ2v) is 5.68. The van der Waals surface area contributed by atoms with Gasteiger partial charge in [-0.25, -0.2) is 4.98 Å². The monoisotopic (exact) mass is 319 g/mol. The first kappa shape index (κ1) is 14.4. The molecule has 1 N–H and O–H groups in total. The van der Waals surface area contributed by atoms with Crippen molar-refractivity contribution in [2.75, 3.05) is 0 Å². The minimum atomic E-state index is -0.842. The van der Waals surface area contributed by atoms with Crippen LogP contribution in [0.1, 0.15) is 12.0 Å². The number of aromatic nitrogens is 1. The fourth-order valence-electron chi connectivity index (χ4n) is 2.87. The maximum atomic E-state index is 12.2. The van der Waals surface area contributed by atoms with Gasteiger partial charge in [0.2, 0.25) is 0 Å². The number of benzene rings is 3. The van der Waals surface area contributed by atoms with Crippen LogP contribution in [0.15, 0.2) is 57.7 Å². The minimum absolute atomic E-state index is 0.0574. The van der Waals surface area contributed by atoms with Gasteiger partial charge in [-0.3, -0.25) is 9.59 Å². The Labute approximate surface area is 136 Å². The molecule has 0 spiro atoms. The molecule has 5 heteroatoms. The van der Waals surface area contributed by atoms with Crippen molar-refractivity contribution in [3.63, 3.8) is 0 Å². The van der Waals surface area contributed by atoms with E-state index in [2.05, 4.69) is 4.98 Å². The van der Waals surface area contributed by atoms with E-state index in [1.165, 1.54) is 6.07 Å². The molecule has 0 fully saturated rings. The van der Waals surface area contributed by atoms with Gasteiger partial charge in [-0.15, -0.1) is 0 Å². The lowest BCUT2D eigenvalue weighted by molar-refractivity contribution is -0.136. The van der Waals surface area contributed by atoms with Crippen molar-refractivity contribution in [3.05, 3.63) is 64.3 Å². The van der Waals surface area contributed by atoms with Crippen LogP contribution >= 0.6 is 0 Å². The van der Waals surface area contributed by atoms with E-state index < -0.39 is 5.97 Å². The molecule has 0 saturated heterocycles. The van der Waals surface area contributed by atoms with Crippen LogP contribution in [0.3, 0.4) is 0 Å². The average Bonchev–Trinajstić information content (AvgIpc) is 2.58. The van der Waals surface area contributed by atoms with E-state index >= 15 is 0 Å². The number of carboxylic acid groups (broad SMARTS) is 1. The van der Waals surface area contributed by atoms with Gasteiger partial charge in [0.25, 0.3) is 0 Å². The molecule has 1 aliphatic carbocycles. The third-order valence-electron chi connectivity index (χ3n) is 4.05. The summed E-state index contributed by atoms with van der Waals surface area (Å²) in [5.41, 5.74) is 2.62. The Morgan fingerprint density at radius 3 is 2.67 bits per heavy atom. The van der Waals surface area contributed by atoms with E-state index in [0.29, 0.717) is 34.4 Å². The molecule has 2 aromatic carbocycles. The fourth-order valence-corrected chi connectivity index (χ4v) is 2.87. The number of carboxylic acids is 1. The summed E-state index contributed by atoms with van der Waals surface area (Å²) in [6.45, 7) is 0. The summed E-state index contributed by atoms with van der Waals surface area (Å²) in [5.74, 6) is -0.410. The summed E-state index contributed by atoms with van der Waals surface area (Å²) in [5, 5.41) is 10.2. The zero-order valence-corrected chi connectivity index (χ0v) is 12.7. The van der Waals surface area contributed by atoms with Gasteiger partial charge < -0.3 is 9.52 Å². The third kappa shape index (κ3) is 2.40. The van der Waals surface area contributed by atoms with E-state index in [4.69, 9.17) is 9.52 Å². The fraction of sp³-hybridized carbons (Fsp3) is 0.105. The molecule has 1 aliphatic heterocycles. The summed E-state index contributed by atoms with van der Waals surface area (Å²) in [6, 6.07) is 14.2. The Kier molecular flexibility index (Phi) is 3.27. The highest BCUT2D eigenvalue weighted by molar-refractivity contribution is 5.96. The lowest BCUT2D eigenvalue weighted by atomic mass is 10.0. The minimum Gasteiger partial charge on any atom is -0.481 e. The predicted octanol–water partition coefficient (Wildman–Crippen LogP) is 3.46. The number of aliphatic carboxylic acids is 1. The maximum absolute atomic E-state index is 12.2. The zero-order valence-electron chi connectivity index (χ0n) is 12.7. The van der Waals surface area contributed by atoms with Crippen LogP contribution in [-0.2, 0) is 11.2 Å². The number of hydrogen-bond acceptors (Lipinski definition) is 4. The van der Waals surface area contributed by atoms with E-state index in [9.17, 15) is 9.59 Å². The Balaban J connectivity index is 1.94. The lowest BCUT2D eigenvalue weighted by Gasteiger charge is -2.10. The second-order valence-electron chi connectivity index (χ2n) is 5.68. The molecule has 0 amide bonds. The molecule has 2 aromatic rings. The molecule has 118 valence electrons. The third-order valence-corrected chi connectivity index (χ3v) is 4.05. The number of nitrogens with zero attached hydrogens (tertiary/aromatic N) is 1. The predicted molar refractivity (Wildman–Crippen MR) is 90.4 cm³/mol. The van der Waals surface area contributed by atoms with Crippen LogP contribution in [0.4, 0.5) is 0 Å². The molecule has 24 heavy (non-hydrogen) atoms. The van der Waals surface area contributed by atoms with Crippen LogP contribution in [0.5, 0.6) is 0 Å². The molecule has 0 atom stereocenters.